The Hall–Kier alpha value is -1.62. The van der Waals surface area contributed by atoms with Crippen molar-refractivity contribution in [3.05, 3.63) is 24.0 Å². The zero-order valence-electron chi connectivity index (χ0n) is 11.0. The molecule has 0 radical (unpaired) electrons. The number of likely N-dealkylation sites (tertiary alicyclic amines) is 1. The zero-order chi connectivity index (χ0) is 13.3. The number of rotatable bonds is 3. The van der Waals surface area contributed by atoms with Crippen LogP contribution < -0.4 is 0 Å². The first-order valence-electron chi connectivity index (χ1n) is 6.10. The molecule has 0 saturated carbocycles. The number of carbonyl (C=O) groups excluding carboxylic acids is 1. The maximum Gasteiger partial charge on any atom is 0.246 e. The maximum absolute atomic E-state index is 11.8. The molecular formula is C13H19N3O2. The van der Waals surface area contributed by atoms with Crippen LogP contribution in [0.1, 0.15) is 19.5 Å². The lowest BCUT2D eigenvalue weighted by atomic mass is 9.83. The summed E-state index contributed by atoms with van der Waals surface area (Å²) in [5.74, 6) is 0.101. The van der Waals surface area contributed by atoms with Gasteiger partial charge in [0.1, 0.15) is 5.60 Å². The van der Waals surface area contributed by atoms with Gasteiger partial charge in [0.05, 0.1) is 18.8 Å². The number of hydrogen-bond acceptors (Lipinski definition) is 3. The van der Waals surface area contributed by atoms with E-state index in [9.17, 15) is 9.90 Å². The van der Waals surface area contributed by atoms with E-state index in [0.717, 1.165) is 5.69 Å². The molecule has 18 heavy (non-hydrogen) atoms. The predicted molar refractivity (Wildman–Crippen MR) is 68.6 cm³/mol. The van der Waals surface area contributed by atoms with Gasteiger partial charge in [-0.3, -0.25) is 9.48 Å². The van der Waals surface area contributed by atoms with E-state index < -0.39 is 5.60 Å². The largest absolute Gasteiger partial charge is 0.386 e. The number of aryl methyl sites for hydroxylation is 1. The van der Waals surface area contributed by atoms with Gasteiger partial charge < -0.3 is 10.0 Å². The molecule has 5 nitrogen and oxygen atoms in total. The fourth-order valence-electron chi connectivity index (χ4n) is 1.95. The number of carbonyl (C=O) groups is 1. The van der Waals surface area contributed by atoms with E-state index in [-0.39, 0.29) is 11.8 Å². The second-order valence-electron chi connectivity index (χ2n) is 5.17. The standard InChI is InChI=1S/C13H19N3O2/c1-10(2)13(18)8-16(9-13)12(17)5-4-11-6-7-14-15(11)3/h4-7,10,18H,8-9H2,1-3H3. The van der Waals surface area contributed by atoms with Crippen molar-refractivity contribution in [2.45, 2.75) is 19.4 Å². The highest BCUT2D eigenvalue weighted by Crippen LogP contribution is 2.28. The van der Waals surface area contributed by atoms with E-state index in [2.05, 4.69) is 5.10 Å². The molecule has 1 saturated heterocycles. The molecule has 2 heterocycles. The molecule has 1 aromatic heterocycles. The topological polar surface area (TPSA) is 58.4 Å². The minimum Gasteiger partial charge on any atom is -0.386 e. The van der Waals surface area contributed by atoms with Crippen molar-refractivity contribution in [1.29, 1.82) is 0 Å². The average molecular weight is 249 g/mol. The summed E-state index contributed by atoms with van der Waals surface area (Å²) in [7, 11) is 1.82. The number of aliphatic hydroxyl groups is 1. The molecule has 0 unspecified atom stereocenters. The fourth-order valence-corrected chi connectivity index (χ4v) is 1.95. The summed E-state index contributed by atoms with van der Waals surface area (Å²) in [6.45, 7) is 4.76. The molecule has 0 atom stereocenters. The summed E-state index contributed by atoms with van der Waals surface area (Å²) >= 11 is 0. The summed E-state index contributed by atoms with van der Waals surface area (Å²) < 4.78 is 1.70. The molecule has 1 amide bonds. The Kier molecular flexibility index (Phi) is 3.26. The van der Waals surface area contributed by atoms with Crippen molar-refractivity contribution in [2.24, 2.45) is 13.0 Å². The highest BCUT2D eigenvalue weighted by molar-refractivity contribution is 5.92. The van der Waals surface area contributed by atoms with Gasteiger partial charge in [-0.05, 0) is 18.1 Å². The Morgan fingerprint density at radius 1 is 1.56 bits per heavy atom. The van der Waals surface area contributed by atoms with Gasteiger partial charge in [-0.25, -0.2) is 0 Å². The molecule has 2 rings (SSSR count). The molecule has 1 N–H and O–H groups in total. The van der Waals surface area contributed by atoms with Crippen LogP contribution in [0.5, 0.6) is 0 Å². The van der Waals surface area contributed by atoms with E-state index >= 15 is 0 Å². The fraction of sp³-hybridized carbons (Fsp3) is 0.538. The van der Waals surface area contributed by atoms with Crippen LogP contribution in [0.4, 0.5) is 0 Å². The van der Waals surface area contributed by atoms with Crippen LogP contribution in [0.15, 0.2) is 18.3 Å². The third-order valence-electron chi connectivity index (χ3n) is 3.57. The minimum absolute atomic E-state index is 0.0680. The summed E-state index contributed by atoms with van der Waals surface area (Å²) in [4.78, 5) is 13.5. The summed E-state index contributed by atoms with van der Waals surface area (Å²) in [5.41, 5.74) is 0.166. The van der Waals surface area contributed by atoms with Gasteiger partial charge in [-0.1, -0.05) is 13.8 Å². The lowest BCUT2D eigenvalue weighted by Gasteiger charge is -2.48. The molecule has 0 spiro atoms. The lowest BCUT2D eigenvalue weighted by molar-refractivity contribution is -0.158. The summed E-state index contributed by atoms with van der Waals surface area (Å²) in [6.07, 6.45) is 4.95. The minimum atomic E-state index is -0.712. The van der Waals surface area contributed by atoms with Gasteiger partial charge in [-0.15, -0.1) is 0 Å². The van der Waals surface area contributed by atoms with Crippen LogP contribution in [-0.2, 0) is 11.8 Å². The van der Waals surface area contributed by atoms with Crippen LogP contribution in [0, 0.1) is 5.92 Å². The third kappa shape index (κ3) is 2.31. The smallest absolute Gasteiger partial charge is 0.246 e. The van der Waals surface area contributed by atoms with E-state index in [4.69, 9.17) is 0 Å². The molecular weight excluding hydrogens is 230 g/mol. The molecule has 1 fully saturated rings. The van der Waals surface area contributed by atoms with Crippen molar-refractivity contribution in [2.75, 3.05) is 13.1 Å². The Labute approximate surface area is 107 Å². The number of β-amino-alcohol motifs (C(OH)–C–C–N with tert-alkyl or cyclic N) is 1. The number of aromatic nitrogens is 2. The van der Waals surface area contributed by atoms with Crippen molar-refractivity contribution < 1.29 is 9.90 Å². The van der Waals surface area contributed by atoms with Crippen LogP contribution in [-0.4, -0.2) is 44.4 Å². The first kappa shape index (κ1) is 12.8. The normalized spacial score (nSPS) is 18.4. The summed E-state index contributed by atoms with van der Waals surface area (Å²) in [5, 5.41) is 14.1. The van der Waals surface area contributed by atoms with Crippen LogP contribution in [0.3, 0.4) is 0 Å². The van der Waals surface area contributed by atoms with Crippen LogP contribution in [0.25, 0.3) is 6.08 Å². The van der Waals surface area contributed by atoms with E-state index in [1.165, 1.54) is 6.08 Å². The average Bonchev–Trinajstić information content (AvgIpc) is 2.67. The van der Waals surface area contributed by atoms with Crippen molar-refractivity contribution in [3.63, 3.8) is 0 Å². The molecule has 1 aliphatic rings. The van der Waals surface area contributed by atoms with E-state index in [1.807, 2.05) is 27.0 Å². The Morgan fingerprint density at radius 2 is 2.22 bits per heavy atom. The van der Waals surface area contributed by atoms with Gasteiger partial charge in [0.25, 0.3) is 0 Å². The molecule has 1 aromatic rings. The van der Waals surface area contributed by atoms with Gasteiger partial charge >= 0.3 is 0 Å². The molecule has 0 aliphatic carbocycles. The first-order chi connectivity index (χ1) is 8.42. The number of hydrogen-bond donors (Lipinski definition) is 1. The van der Waals surface area contributed by atoms with Crippen molar-refractivity contribution >= 4 is 12.0 Å². The second-order valence-corrected chi connectivity index (χ2v) is 5.17. The number of nitrogens with zero attached hydrogens (tertiary/aromatic N) is 3. The predicted octanol–water partition coefficient (Wildman–Crippen LogP) is 0.663. The van der Waals surface area contributed by atoms with Gasteiger partial charge in [0.2, 0.25) is 5.91 Å². The maximum atomic E-state index is 11.8. The zero-order valence-corrected chi connectivity index (χ0v) is 11.0. The third-order valence-corrected chi connectivity index (χ3v) is 3.57. The van der Waals surface area contributed by atoms with Gasteiger partial charge in [0, 0.05) is 19.3 Å². The highest BCUT2D eigenvalue weighted by Gasteiger charge is 2.45. The van der Waals surface area contributed by atoms with Crippen LogP contribution in [0.2, 0.25) is 0 Å². The first-order valence-corrected chi connectivity index (χ1v) is 6.10. The van der Waals surface area contributed by atoms with Crippen molar-refractivity contribution in [1.82, 2.24) is 14.7 Å². The van der Waals surface area contributed by atoms with Gasteiger partial charge in [-0.2, -0.15) is 5.10 Å². The molecule has 5 heteroatoms. The molecule has 0 aromatic carbocycles. The van der Waals surface area contributed by atoms with Crippen molar-refractivity contribution in [3.8, 4) is 0 Å². The summed E-state index contributed by atoms with van der Waals surface area (Å²) in [6, 6.07) is 1.84. The quantitative estimate of drug-likeness (QED) is 0.801. The van der Waals surface area contributed by atoms with Crippen LogP contribution >= 0.6 is 0 Å². The SMILES string of the molecule is CC(C)C1(O)CN(C(=O)C=Cc2ccnn2C)C1. The number of amides is 1. The molecule has 0 bridgehead atoms. The monoisotopic (exact) mass is 249 g/mol. The van der Waals surface area contributed by atoms with E-state index in [0.29, 0.717) is 13.1 Å². The Balaban J connectivity index is 1.92. The second kappa shape index (κ2) is 4.57. The lowest BCUT2D eigenvalue weighted by Crippen LogP contribution is -2.65. The van der Waals surface area contributed by atoms with Gasteiger partial charge in [0.15, 0.2) is 0 Å². The Morgan fingerprint density at radius 3 is 2.72 bits per heavy atom. The van der Waals surface area contributed by atoms with E-state index in [1.54, 1.807) is 21.9 Å². The highest BCUT2D eigenvalue weighted by atomic mass is 16.3. The molecule has 1 aliphatic heterocycles. The molecule has 98 valence electrons. The Bertz CT molecular complexity index is 470.